The predicted octanol–water partition coefficient (Wildman–Crippen LogP) is 4.27. The number of nitrogens with one attached hydrogen (secondary N) is 2. The van der Waals surface area contributed by atoms with Crippen molar-refractivity contribution in [3.8, 4) is 0 Å². The SMILES string of the molecule is C[C@@H](CNC(=O)Nc1cccc(Cl)c1)c1ccccc1. The summed E-state index contributed by atoms with van der Waals surface area (Å²) in [6.45, 7) is 2.66. The third-order valence-electron chi connectivity index (χ3n) is 3.02. The van der Waals surface area contributed by atoms with Crippen LogP contribution in [0, 0.1) is 0 Å². The highest BCUT2D eigenvalue weighted by atomic mass is 35.5. The van der Waals surface area contributed by atoms with Gasteiger partial charge in [0.15, 0.2) is 0 Å². The molecule has 0 saturated heterocycles. The minimum absolute atomic E-state index is 0.227. The van der Waals surface area contributed by atoms with E-state index in [0.29, 0.717) is 17.3 Å². The number of amides is 2. The van der Waals surface area contributed by atoms with Gasteiger partial charge in [0.25, 0.3) is 0 Å². The molecule has 0 aliphatic carbocycles. The van der Waals surface area contributed by atoms with E-state index in [1.807, 2.05) is 18.2 Å². The molecule has 2 aromatic rings. The summed E-state index contributed by atoms with van der Waals surface area (Å²) < 4.78 is 0. The lowest BCUT2D eigenvalue weighted by Gasteiger charge is -2.13. The molecule has 0 saturated carbocycles. The van der Waals surface area contributed by atoms with E-state index in [4.69, 9.17) is 11.6 Å². The molecule has 0 heterocycles. The Morgan fingerprint density at radius 3 is 2.60 bits per heavy atom. The van der Waals surface area contributed by atoms with Crippen LogP contribution in [0.3, 0.4) is 0 Å². The smallest absolute Gasteiger partial charge is 0.319 e. The van der Waals surface area contributed by atoms with Gasteiger partial charge in [-0.05, 0) is 29.7 Å². The maximum Gasteiger partial charge on any atom is 0.319 e. The van der Waals surface area contributed by atoms with Crippen molar-refractivity contribution in [3.05, 3.63) is 65.2 Å². The first kappa shape index (κ1) is 14.4. The van der Waals surface area contributed by atoms with E-state index in [-0.39, 0.29) is 11.9 Å². The van der Waals surface area contributed by atoms with Crippen molar-refractivity contribution >= 4 is 23.3 Å². The fourth-order valence-electron chi connectivity index (χ4n) is 1.89. The number of benzene rings is 2. The highest BCUT2D eigenvalue weighted by molar-refractivity contribution is 6.30. The zero-order valence-electron chi connectivity index (χ0n) is 11.3. The molecule has 2 aromatic carbocycles. The Bertz CT molecular complexity index is 572. The Balaban J connectivity index is 1.83. The molecule has 2 rings (SSSR count). The van der Waals surface area contributed by atoms with Crippen LogP contribution in [0.25, 0.3) is 0 Å². The quantitative estimate of drug-likeness (QED) is 0.867. The fourth-order valence-corrected chi connectivity index (χ4v) is 2.08. The molecule has 2 amide bonds. The fraction of sp³-hybridized carbons (Fsp3) is 0.188. The van der Waals surface area contributed by atoms with E-state index >= 15 is 0 Å². The highest BCUT2D eigenvalue weighted by Crippen LogP contribution is 2.15. The predicted molar refractivity (Wildman–Crippen MR) is 83.3 cm³/mol. The van der Waals surface area contributed by atoms with E-state index in [2.05, 4.69) is 29.7 Å². The minimum atomic E-state index is -0.227. The first-order valence-corrected chi connectivity index (χ1v) is 6.88. The molecular formula is C16H17ClN2O. The van der Waals surface area contributed by atoms with Crippen molar-refractivity contribution in [1.82, 2.24) is 5.32 Å². The van der Waals surface area contributed by atoms with Crippen molar-refractivity contribution in [2.45, 2.75) is 12.8 Å². The van der Waals surface area contributed by atoms with Crippen molar-refractivity contribution in [2.24, 2.45) is 0 Å². The van der Waals surface area contributed by atoms with Gasteiger partial charge in [-0.1, -0.05) is 54.9 Å². The highest BCUT2D eigenvalue weighted by Gasteiger charge is 2.07. The minimum Gasteiger partial charge on any atom is -0.337 e. The van der Waals surface area contributed by atoms with E-state index < -0.39 is 0 Å². The van der Waals surface area contributed by atoms with E-state index in [9.17, 15) is 4.79 Å². The monoisotopic (exact) mass is 288 g/mol. The van der Waals surface area contributed by atoms with Crippen LogP contribution in [-0.2, 0) is 0 Å². The molecule has 20 heavy (non-hydrogen) atoms. The van der Waals surface area contributed by atoms with Crippen LogP contribution in [0.4, 0.5) is 10.5 Å². The molecule has 0 bridgehead atoms. The first-order valence-electron chi connectivity index (χ1n) is 6.50. The average molecular weight is 289 g/mol. The number of carbonyl (C=O) groups excluding carboxylic acids is 1. The summed E-state index contributed by atoms with van der Waals surface area (Å²) in [6.07, 6.45) is 0. The molecule has 1 atom stereocenters. The van der Waals surface area contributed by atoms with Crippen molar-refractivity contribution < 1.29 is 4.79 Å². The zero-order valence-corrected chi connectivity index (χ0v) is 12.0. The summed E-state index contributed by atoms with van der Waals surface area (Å²) >= 11 is 5.86. The Hall–Kier alpha value is -2.00. The number of carbonyl (C=O) groups is 1. The summed E-state index contributed by atoms with van der Waals surface area (Å²) in [6, 6.07) is 16.9. The normalized spacial score (nSPS) is 11.7. The maximum absolute atomic E-state index is 11.8. The van der Waals surface area contributed by atoms with Gasteiger partial charge >= 0.3 is 6.03 Å². The van der Waals surface area contributed by atoms with Crippen LogP contribution in [-0.4, -0.2) is 12.6 Å². The van der Waals surface area contributed by atoms with Gasteiger partial charge in [0, 0.05) is 17.3 Å². The Morgan fingerprint density at radius 1 is 1.15 bits per heavy atom. The molecule has 104 valence electrons. The van der Waals surface area contributed by atoms with Crippen LogP contribution in [0.5, 0.6) is 0 Å². The maximum atomic E-state index is 11.8. The van der Waals surface area contributed by atoms with Gasteiger partial charge < -0.3 is 10.6 Å². The number of anilines is 1. The van der Waals surface area contributed by atoms with E-state index in [0.717, 1.165) is 0 Å². The molecule has 0 radical (unpaired) electrons. The second-order valence-corrected chi connectivity index (χ2v) is 5.09. The average Bonchev–Trinajstić information content (AvgIpc) is 2.46. The van der Waals surface area contributed by atoms with E-state index in [1.54, 1.807) is 24.3 Å². The van der Waals surface area contributed by atoms with Crippen LogP contribution >= 0.6 is 11.6 Å². The van der Waals surface area contributed by atoms with Crippen molar-refractivity contribution in [3.63, 3.8) is 0 Å². The lowest BCUT2D eigenvalue weighted by atomic mass is 10.0. The summed E-state index contributed by atoms with van der Waals surface area (Å²) in [5.74, 6) is 0.265. The van der Waals surface area contributed by atoms with Crippen LogP contribution in [0.2, 0.25) is 5.02 Å². The number of halogens is 1. The Morgan fingerprint density at radius 2 is 1.90 bits per heavy atom. The number of urea groups is 1. The van der Waals surface area contributed by atoms with Gasteiger partial charge in [-0.3, -0.25) is 0 Å². The topological polar surface area (TPSA) is 41.1 Å². The second-order valence-electron chi connectivity index (χ2n) is 4.66. The first-order chi connectivity index (χ1) is 9.65. The lowest BCUT2D eigenvalue weighted by molar-refractivity contribution is 0.251. The summed E-state index contributed by atoms with van der Waals surface area (Å²) in [7, 11) is 0. The van der Waals surface area contributed by atoms with Gasteiger partial charge in [0.05, 0.1) is 0 Å². The standard InChI is InChI=1S/C16H17ClN2O/c1-12(13-6-3-2-4-7-13)11-18-16(20)19-15-9-5-8-14(17)10-15/h2-10,12H,11H2,1H3,(H2,18,19,20)/t12-/m0/s1. The second kappa shape index (κ2) is 6.96. The van der Waals surface area contributed by atoms with Crippen LogP contribution < -0.4 is 10.6 Å². The molecule has 2 N–H and O–H groups in total. The van der Waals surface area contributed by atoms with Gasteiger partial charge in [0.2, 0.25) is 0 Å². The molecule has 0 fully saturated rings. The molecule has 0 aliphatic heterocycles. The van der Waals surface area contributed by atoms with E-state index in [1.165, 1.54) is 5.56 Å². The number of hydrogen-bond acceptors (Lipinski definition) is 1. The van der Waals surface area contributed by atoms with Crippen LogP contribution in [0.15, 0.2) is 54.6 Å². The zero-order chi connectivity index (χ0) is 14.4. The van der Waals surface area contributed by atoms with Crippen molar-refractivity contribution in [1.29, 1.82) is 0 Å². The van der Waals surface area contributed by atoms with Crippen molar-refractivity contribution in [2.75, 3.05) is 11.9 Å². The molecular weight excluding hydrogens is 272 g/mol. The van der Waals surface area contributed by atoms with Gasteiger partial charge in [-0.15, -0.1) is 0 Å². The molecule has 0 unspecified atom stereocenters. The Kier molecular flexibility index (Phi) is 5.02. The molecule has 4 heteroatoms. The largest absolute Gasteiger partial charge is 0.337 e. The third kappa shape index (κ3) is 4.28. The third-order valence-corrected chi connectivity index (χ3v) is 3.25. The lowest BCUT2D eigenvalue weighted by Crippen LogP contribution is -2.31. The van der Waals surface area contributed by atoms with Gasteiger partial charge in [-0.25, -0.2) is 4.79 Å². The molecule has 0 spiro atoms. The van der Waals surface area contributed by atoms with Crippen LogP contribution in [0.1, 0.15) is 18.4 Å². The number of rotatable bonds is 4. The molecule has 0 aromatic heterocycles. The van der Waals surface area contributed by atoms with Gasteiger partial charge in [-0.2, -0.15) is 0 Å². The molecule has 0 aliphatic rings. The summed E-state index contributed by atoms with van der Waals surface area (Å²) in [4.78, 5) is 11.8. The summed E-state index contributed by atoms with van der Waals surface area (Å²) in [5.41, 5.74) is 1.89. The van der Waals surface area contributed by atoms with Gasteiger partial charge in [0.1, 0.15) is 0 Å². The molecule has 3 nitrogen and oxygen atoms in total. The Labute approximate surface area is 124 Å². The number of hydrogen-bond donors (Lipinski definition) is 2. The summed E-state index contributed by atoms with van der Waals surface area (Å²) in [5, 5.41) is 6.21.